The number of rotatable bonds is 8. The number of carbonyl (C=O) groups excluding carboxylic acids is 1. The summed E-state index contributed by atoms with van der Waals surface area (Å²) in [6.07, 6.45) is 9.23. The highest BCUT2D eigenvalue weighted by Gasteiger charge is 2.20. The molecular formula is C12H24N2OS. The molecule has 1 aliphatic heterocycles. The molecule has 1 rings (SSSR count). The molecule has 1 atom stereocenters. The summed E-state index contributed by atoms with van der Waals surface area (Å²) in [5.74, 6) is 1.46. The Kier molecular flexibility index (Phi) is 7.68. The zero-order chi connectivity index (χ0) is 11.6. The Bertz CT molecular complexity index is 193. The lowest BCUT2D eigenvalue weighted by Crippen LogP contribution is -2.40. The number of amides is 1. The van der Waals surface area contributed by atoms with Crippen LogP contribution in [0.15, 0.2) is 0 Å². The zero-order valence-corrected chi connectivity index (χ0v) is 11.1. The molecule has 4 heteroatoms. The van der Waals surface area contributed by atoms with E-state index in [0.717, 1.165) is 32.4 Å². The van der Waals surface area contributed by atoms with Gasteiger partial charge in [0, 0.05) is 6.54 Å². The van der Waals surface area contributed by atoms with Crippen LogP contribution in [0.4, 0.5) is 0 Å². The highest BCUT2D eigenvalue weighted by molar-refractivity contribution is 7.98. The lowest BCUT2D eigenvalue weighted by molar-refractivity contribution is -0.122. The third kappa shape index (κ3) is 5.75. The fourth-order valence-electron chi connectivity index (χ4n) is 1.97. The Hall–Kier alpha value is -0.220. The molecular weight excluding hydrogens is 220 g/mol. The fourth-order valence-corrected chi connectivity index (χ4v) is 2.46. The molecule has 0 aromatic carbocycles. The van der Waals surface area contributed by atoms with Gasteiger partial charge < -0.3 is 10.6 Å². The molecule has 94 valence electrons. The first kappa shape index (κ1) is 13.8. The average molecular weight is 244 g/mol. The first-order valence-electron chi connectivity index (χ1n) is 6.34. The van der Waals surface area contributed by atoms with E-state index < -0.39 is 0 Å². The summed E-state index contributed by atoms with van der Waals surface area (Å²) in [6, 6.07) is 0.0801. The molecule has 0 aromatic heterocycles. The third-order valence-corrected chi connectivity index (χ3v) is 3.65. The van der Waals surface area contributed by atoms with Crippen LogP contribution in [0.1, 0.15) is 38.5 Å². The minimum Gasteiger partial charge on any atom is -0.355 e. The Morgan fingerprint density at radius 1 is 1.38 bits per heavy atom. The largest absolute Gasteiger partial charge is 0.355 e. The number of hydrogen-bond acceptors (Lipinski definition) is 3. The predicted molar refractivity (Wildman–Crippen MR) is 70.9 cm³/mol. The lowest BCUT2D eigenvalue weighted by atomic mass is 10.2. The molecule has 2 N–H and O–H groups in total. The Morgan fingerprint density at radius 3 is 2.88 bits per heavy atom. The molecule has 0 aromatic rings. The van der Waals surface area contributed by atoms with E-state index in [0.29, 0.717) is 0 Å². The summed E-state index contributed by atoms with van der Waals surface area (Å²) in [7, 11) is 0. The van der Waals surface area contributed by atoms with Gasteiger partial charge in [0.05, 0.1) is 6.04 Å². The fraction of sp³-hybridized carbons (Fsp3) is 0.917. The van der Waals surface area contributed by atoms with Crippen molar-refractivity contribution in [1.29, 1.82) is 0 Å². The van der Waals surface area contributed by atoms with Crippen LogP contribution in [0.25, 0.3) is 0 Å². The van der Waals surface area contributed by atoms with Gasteiger partial charge in [0.1, 0.15) is 0 Å². The topological polar surface area (TPSA) is 41.1 Å². The molecule has 0 bridgehead atoms. The molecule has 3 nitrogen and oxygen atoms in total. The third-order valence-electron chi connectivity index (χ3n) is 2.95. The first-order chi connectivity index (χ1) is 7.84. The maximum absolute atomic E-state index is 11.6. The standard InChI is InChI=1S/C12H24N2OS/c1-16-10-5-3-2-4-8-14-12(15)11-7-6-9-13-11/h11,13H,2-10H2,1H3,(H,14,15). The second-order valence-corrected chi connectivity index (χ2v) is 5.33. The predicted octanol–water partition coefficient (Wildman–Crippen LogP) is 1.78. The van der Waals surface area contributed by atoms with Crippen LogP contribution in [0.5, 0.6) is 0 Å². The number of hydrogen-bond donors (Lipinski definition) is 2. The van der Waals surface area contributed by atoms with E-state index in [9.17, 15) is 4.79 Å². The quantitative estimate of drug-likeness (QED) is 0.640. The lowest BCUT2D eigenvalue weighted by Gasteiger charge is -2.10. The van der Waals surface area contributed by atoms with Gasteiger partial charge in [-0.15, -0.1) is 0 Å². The van der Waals surface area contributed by atoms with E-state index in [1.807, 2.05) is 11.8 Å². The smallest absolute Gasteiger partial charge is 0.237 e. The Morgan fingerprint density at radius 2 is 2.19 bits per heavy atom. The molecule has 0 radical (unpaired) electrons. The molecule has 16 heavy (non-hydrogen) atoms. The first-order valence-corrected chi connectivity index (χ1v) is 7.74. The van der Waals surface area contributed by atoms with Gasteiger partial charge in [0.25, 0.3) is 0 Å². The average Bonchev–Trinajstić information content (AvgIpc) is 2.81. The summed E-state index contributed by atoms with van der Waals surface area (Å²) in [5.41, 5.74) is 0. The van der Waals surface area contributed by atoms with Gasteiger partial charge in [0.15, 0.2) is 0 Å². The van der Waals surface area contributed by atoms with Crippen molar-refractivity contribution in [2.75, 3.05) is 25.1 Å². The minimum absolute atomic E-state index is 0.0801. The zero-order valence-electron chi connectivity index (χ0n) is 10.3. The van der Waals surface area contributed by atoms with Crippen molar-refractivity contribution < 1.29 is 4.79 Å². The van der Waals surface area contributed by atoms with E-state index >= 15 is 0 Å². The molecule has 1 unspecified atom stereocenters. The van der Waals surface area contributed by atoms with Crippen LogP contribution in [0, 0.1) is 0 Å². The van der Waals surface area contributed by atoms with Crippen molar-refractivity contribution in [1.82, 2.24) is 10.6 Å². The SMILES string of the molecule is CSCCCCCCNC(=O)C1CCCN1. The van der Waals surface area contributed by atoms with E-state index in [4.69, 9.17) is 0 Å². The minimum atomic E-state index is 0.0801. The van der Waals surface area contributed by atoms with Crippen molar-refractivity contribution in [3.8, 4) is 0 Å². The normalized spacial score (nSPS) is 19.9. The van der Waals surface area contributed by atoms with Crippen molar-refractivity contribution in [3.05, 3.63) is 0 Å². The highest BCUT2D eigenvalue weighted by atomic mass is 32.2. The maximum atomic E-state index is 11.6. The van der Waals surface area contributed by atoms with E-state index in [-0.39, 0.29) is 11.9 Å². The van der Waals surface area contributed by atoms with Crippen molar-refractivity contribution in [3.63, 3.8) is 0 Å². The molecule has 0 spiro atoms. The van der Waals surface area contributed by atoms with Crippen LogP contribution < -0.4 is 10.6 Å². The molecule has 1 heterocycles. The molecule has 1 aliphatic rings. The number of nitrogens with one attached hydrogen (secondary N) is 2. The molecule has 1 saturated heterocycles. The number of unbranched alkanes of at least 4 members (excludes halogenated alkanes) is 3. The summed E-state index contributed by atoms with van der Waals surface area (Å²) in [6.45, 7) is 1.84. The Balaban J connectivity index is 1.88. The summed E-state index contributed by atoms with van der Waals surface area (Å²) in [5, 5.41) is 6.22. The van der Waals surface area contributed by atoms with Gasteiger partial charge in [-0.25, -0.2) is 0 Å². The van der Waals surface area contributed by atoms with E-state index in [2.05, 4.69) is 16.9 Å². The second kappa shape index (κ2) is 8.88. The van der Waals surface area contributed by atoms with Crippen LogP contribution in [-0.2, 0) is 4.79 Å². The van der Waals surface area contributed by atoms with Gasteiger partial charge in [-0.2, -0.15) is 11.8 Å². The van der Waals surface area contributed by atoms with Crippen molar-refractivity contribution in [2.45, 2.75) is 44.6 Å². The molecule has 0 aliphatic carbocycles. The van der Waals surface area contributed by atoms with Gasteiger partial charge in [-0.1, -0.05) is 12.8 Å². The molecule has 0 saturated carbocycles. The van der Waals surface area contributed by atoms with Gasteiger partial charge in [-0.05, 0) is 44.2 Å². The number of carbonyl (C=O) groups is 1. The van der Waals surface area contributed by atoms with E-state index in [1.165, 1.54) is 25.0 Å². The van der Waals surface area contributed by atoms with Crippen molar-refractivity contribution in [2.24, 2.45) is 0 Å². The Labute approximate surface area is 103 Å². The highest BCUT2D eigenvalue weighted by Crippen LogP contribution is 2.06. The van der Waals surface area contributed by atoms with E-state index in [1.54, 1.807) is 0 Å². The monoisotopic (exact) mass is 244 g/mol. The summed E-state index contributed by atoms with van der Waals surface area (Å²) < 4.78 is 0. The van der Waals surface area contributed by atoms with Crippen molar-refractivity contribution >= 4 is 17.7 Å². The van der Waals surface area contributed by atoms with Crippen LogP contribution >= 0.6 is 11.8 Å². The van der Waals surface area contributed by atoms with Gasteiger partial charge >= 0.3 is 0 Å². The summed E-state index contributed by atoms with van der Waals surface area (Å²) >= 11 is 1.91. The van der Waals surface area contributed by atoms with Crippen LogP contribution in [0.3, 0.4) is 0 Å². The second-order valence-electron chi connectivity index (χ2n) is 4.35. The van der Waals surface area contributed by atoms with Crippen LogP contribution in [0.2, 0.25) is 0 Å². The number of thioether (sulfide) groups is 1. The molecule has 1 amide bonds. The van der Waals surface area contributed by atoms with Gasteiger partial charge in [-0.3, -0.25) is 4.79 Å². The maximum Gasteiger partial charge on any atom is 0.237 e. The summed E-state index contributed by atoms with van der Waals surface area (Å²) in [4.78, 5) is 11.6. The molecule has 1 fully saturated rings. The van der Waals surface area contributed by atoms with Crippen LogP contribution in [-0.4, -0.2) is 37.0 Å². The van der Waals surface area contributed by atoms with Gasteiger partial charge in [0.2, 0.25) is 5.91 Å².